The van der Waals surface area contributed by atoms with Crippen LogP contribution in [0, 0.1) is 0 Å². The normalized spacial score (nSPS) is 12.0. The summed E-state index contributed by atoms with van der Waals surface area (Å²) in [7, 11) is 0. The maximum Gasteiger partial charge on any atom is 0.265 e. The number of hydrogen-bond acceptors (Lipinski definition) is 6. The van der Waals surface area contributed by atoms with Crippen LogP contribution >= 0.6 is 11.5 Å². The average Bonchev–Trinajstić information content (AvgIpc) is 3.20. The molecule has 3 rings (SSSR count). The summed E-state index contributed by atoms with van der Waals surface area (Å²) in [6, 6.07) is 7.66. The first-order valence-electron chi connectivity index (χ1n) is 6.27. The lowest BCUT2D eigenvalue weighted by Crippen LogP contribution is -2.25. The molecule has 0 aliphatic carbocycles. The van der Waals surface area contributed by atoms with Gasteiger partial charge in [-0.2, -0.15) is 5.10 Å². The summed E-state index contributed by atoms with van der Waals surface area (Å²) in [4.78, 5) is 16.3. The Morgan fingerprint density at radius 2 is 2.14 bits per heavy atom. The number of benzene rings is 1. The molecule has 0 bridgehead atoms. The van der Waals surface area contributed by atoms with Gasteiger partial charge < -0.3 is 5.32 Å². The molecule has 1 N–H and O–H groups in total. The fourth-order valence-electron chi connectivity index (χ4n) is 1.88. The van der Waals surface area contributed by atoms with Gasteiger partial charge in [-0.3, -0.25) is 4.79 Å². The van der Waals surface area contributed by atoms with E-state index >= 15 is 0 Å². The number of hydrogen-bond donors (Lipinski definition) is 1. The highest BCUT2D eigenvalue weighted by Crippen LogP contribution is 2.16. The van der Waals surface area contributed by atoms with Crippen molar-refractivity contribution in [2.75, 3.05) is 0 Å². The Morgan fingerprint density at radius 3 is 2.76 bits per heavy atom. The monoisotopic (exact) mass is 300 g/mol. The van der Waals surface area contributed by atoms with Gasteiger partial charge in [-0.25, -0.2) is 9.67 Å². The first kappa shape index (κ1) is 13.4. The van der Waals surface area contributed by atoms with E-state index in [1.54, 1.807) is 11.0 Å². The Morgan fingerprint density at radius 1 is 1.33 bits per heavy atom. The predicted octanol–water partition coefficient (Wildman–Crippen LogP) is 1.61. The molecule has 3 aromatic rings. The van der Waals surface area contributed by atoms with Crippen LogP contribution in [0.1, 0.15) is 28.2 Å². The molecule has 106 valence electrons. The molecule has 0 saturated carbocycles. The third kappa shape index (κ3) is 2.95. The smallest absolute Gasteiger partial charge is 0.265 e. The van der Waals surface area contributed by atoms with E-state index in [0.717, 1.165) is 22.8 Å². The van der Waals surface area contributed by atoms with E-state index in [1.807, 2.05) is 31.2 Å². The van der Waals surface area contributed by atoms with Crippen molar-refractivity contribution in [3.8, 4) is 5.69 Å². The summed E-state index contributed by atoms with van der Waals surface area (Å²) < 4.78 is 5.36. The Kier molecular flexibility index (Phi) is 3.69. The molecule has 8 heteroatoms. The molecule has 1 unspecified atom stereocenters. The van der Waals surface area contributed by atoms with Crippen molar-refractivity contribution < 1.29 is 4.79 Å². The molecule has 0 saturated heterocycles. The molecule has 1 aromatic carbocycles. The third-order valence-electron chi connectivity index (χ3n) is 3.01. The van der Waals surface area contributed by atoms with E-state index in [2.05, 4.69) is 25.0 Å². The van der Waals surface area contributed by atoms with Gasteiger partial charge in [0.25, 0.3) is 5.91 Å². The highest BCUT2D eigenvalue weighted by molar-refractivity contribution is 7.07. The number of nitrogens with zero attached hydrogens (tertiary/aromatic N) is 5. The van der Waals surface area contributed by atoms with Gasteiger partial charge in [-0.1, -0.05) is 16.6 Å². The second kappa shape index (κ2) is 5.80. The molecule has 2 heterocycles. The van der Waals surface area contributed by atoms with Crippen LogP contribution in [0.15, 0.2) is 43.1 Å². The highest BCUT2D eigenvalue weighted by atomic mass is 32.1. The number of rotatable bonds is 4. The standard InChI is InChI=1S/C13H12N6OS/c1-9(17-13(20)12-6-15-18-21-12)10-2-4-11(5-3-10)19-8-14-7-16-19/h2-9H,1H3,(H,17,20). The SMILES string of the molecule is CC(NC(=O)c1cnns1)c1ccc(-n2cncn2)cc1. The van der Waals surface area contributed by atoms with Gasteiger partial charge in [0, 0.05) is 0 Å². The van der Waals surface area contributed by atoms with Crippen LogP contribution in [0.5, 0.6) is 0 Å². The molecule has 1 atom stereocenters. The molecule has 0 radical (unpaired) electrons. The van der Waals surface area contributed by atoms with Crippen molar-refractivity contribution in [3.63, 3.8) is 0 Å². The molecule has 2 aromatic heterocycles. The Labute approximate surface area is 124 Å². The van der Waals surface area contributed by atoms with Crippen molar-refractivity contribution >= 4 is 17.4 Å². The van der Waals surface area contributed by atoms with Crippen molar-refractivity contribution in [1.29, 1.82) is 0 Å². The van der Waals surface area contributed by atoms with Crippen LogP contribution in [-0.4, -0.2) is 30.3 Å². The molecule has 7 nitrogen and oxygen atoms in total. The van der Waals surface area contributed by atoms with E-state index < -0.39 is 0 Å². The molecular weight excluding hydrogens is 288 g/mol. The van der Waals surface area contributed by atoms with E-state index in [4.69, 9.17) is 0 Å². The van der Waals surface area contributed by atoms with E-state index in [-0.39, 0.29) is 11.9 Å². The average molecular weight is 300 g/mol. The minimum atomic E-state index is -0.169. The van der Waals surface area contributed by atoms with Crippen LogP contribution < -0.4 is 5.32 Å². The van der Waals surface area contributed by atoms with Gasteiger partial charge in [-0.15, -0.1) is 5.10 Å². The molecular formula is C13H12N6OS. The van der Waals surface area contributed by atoms with Crippen LogP contribution in [0.2, 0.25) is 0 Å². The zero-order valence-electron chi connectivity index (χ0n) is 11.2. The second-order valence-corrected chi connectivity index (χ2v) is 5.19. The lowest BCUT2D eigenvalue weighted by atomic mass is 10.1. The van der Waals surface area contributed by atoms with Gasteiger partial charge in [0.1, 0.15) is 17.5 Å². The van der Waals surface area contributed by atoms with Gasteiger partial charge in [-0.05, 0) is 36.2 Å². The topological polar surface area (TPSA) is 85.6 Å². The number of carbonyl (C=O) groups is 1. The van der Waals surface area contributed by atoms with E-state index in [0.29, 0.717) is 4.88 Å². The number of aromatic nitrogens is 5. The van der Waals surface area contributed by atoms with E-state index in [1.165, 1.54) is 12.5 Å². The van der Waals surface area contributed by atoms with Crippen molar-refractivity contribution in [3.05, 3.63) is 53.6 Å². The van der Waals surface area contributed by atoms with Gasteiger partial charge in [0.15, 0.2) is 0 Å². The Balaban J connectivity index is 1.70. The molecule has 0 aliphatic heterocycles. The fourth-order valence-corrected chi connectivity index (χ4v) is 2.29. The number of carbonyl (C=O) groups excluding carboxylic acids is 1. The zero-order valence-corrected chi connectivity index (χ0v) is 12.0. The quantitative estimate of drug-likeness (QED) is 0.791. The largest absolute Gasteiger partial charge is 0.345 e. The maximum atomic E-state index is 11.9. The minimum absolute atomic E-state index is 0.107. The summed E-state index contributed by atoms with van der Waals surface area (Å²) >= 11 is 1.08. The lowest BCUT2D eigenvalue weighted by Gasteiger charge is -2.14. The summed E-state index contributed by atoms with van der Waals surface area (Å²) in [6.45, 7) is 1.93. The molecule has 0 fully saturated rings. The zero-order chi connectivity index (χ0) is 14.7. The van der Waals surface area contributed by atoms with Crippen LogP contribution in [0.3, 0.4) is 0 Å². The van der Waals surface area contributed by atoms with Gasteiger partial charge in [0.2, 0.25) is 0 Å². The number of nitrogens with one attached hydrogen (secondary N) is 1. The highest BCUT2D eigenvalue weighted by Gasteiger charge is 2.13. The third-order valence-corrected chi connectivity index (χ3v) is 3.67. The minimum Gasteiger partial charge on any atom is -0.345 e. The Bertz CT molecular complexity index is 708. The van der Waals surface area contributed by atoms with Crippen molar-refractivity contribution in [1.82, 2.24) is 29.7 Å². The van der Waals surface area contributed by atoms with Crippen LogP contribution in [0.4, 0.5) is 0 Å². The molecule has 1 amide bonds. The maximum absolute atomic E-state index is 11.9. The van der Waals surface area contributed by atoms with Crippen molar-refractivity contribution in [2.24, 2.45) is 0 Å². The first-order valence-corrected chi connectivity index (χ1v) is 7.04. The van der Waals surface area contributed by atoms with Crippen LogP contribution in [0.25, 0.3) is 5.69 Å². The molecule has 0 spiro atoms. The molecule has 21 heavy (non-hydrogen) atoms. The van der Waals surface area contributed by atoms with Crippen molar-refractivity contribution in [2.45, 2.75) is 13.0 Å². The predicted molar refractivity (Wildman–Crippen MR) is 77.1 cm³/mol. The summed E-state index contributed by atoms with van der Waals surface area (Å²) in [5, 5.41) is 10.6. The molecule has 0 aliphatic rings. The summed E-state index contributed by atoms with van der Waals surface area (Å²) in [5.41, 5.74) is 1.92. The van der Waals surface area contributed by atoms with Gasteiger partial charge in [0.05, 0.1) is 17.9 Å². The van der Waals surface area contributed by atoms with Crippen LogP contribution in [-0.2, 0) is 0 Å². The lowest BCUT2D eigenvalue weighted by molar-refractivity contribution is 0.0944. The summed E-state index contributed by atoms with van der Waals surface area (Å²) in [6.07, 6.45) is 4.58. The van der Waals surface area contributed by atoms with E-state index in [9.17, 15) is 4.79 Å². The summed E-state index contributed by atoms with van der Waals surface area (Å²) in [5.74, 6) is -0.169. The Hall–Kier alpha value is -2.61. The first-order chi connectivity index (χ1) is 10.2. The van der Waals surface area contributed by atoms with Gasteiger partial charge >= 0.3 is 0 Å². The fraction of sp³-hybridized carbons (Fsp3) is 0.154. The number of amides is 1. The second-order valence-electron chi connectivity index (χ2n) is 4.41.